The molecule has 0 heterocycles. The third-order valence-corrected chi connectivity index (χ3v) is 3.33. The van der Waals surface area contributed by atoms with E-state index in [0.717, 1.165) is 0 Å². The van der Waals surface area contributed by atoms with Crippen molar-refractivity contribution >= 4 is 11.9 Å². The molecule has 0 spiro atoms. The van der Waals surface area contributed by atoms with Gasteiger partial charge in [0.1, 0.15) is 11.4 Å². The van der Waals surface area contributed by atoms with Gasteiger partial charge in [-0.1, -0.05) is 19.1 Å². The lowest BCUT2D eigenvalue weighted by Crippen LogP contribution is -2.46. The Balaban J connectivity index is 3.18. The van der Waals surface area contributed by atoms with E-state index in [0.29, 0.717) is 5.56 Å². The number of aromatic hydroxyl groups is 1. The van der Waals surface area contributed by atoms with Crippen LogP contribution in [0, 0.1) is 5.41 Å². The molecule has 0 aliphatic carbocycles. The van der Waals surface area contributed by atoms with Gasteiger partial charge in [0.15, 0.2) is 5.41 Å². The maximum atomic E-state index is 12.6. The Morgan fingerprint density at radius 1 is 1.14 bits per heavy atom. The van der Waals surface area contributed by atoms with Gasteiger partial charge in [0, 0.05) is 0 Å². The zero-order chi connectivity index (χ0) is 17.0. The van der Waals surface area contributed by atoms with Crippen LogP contribution >= 0.6 is 0 Å². The van der Waals surface area contributed by atoms with E-state index in [-0.39, 0.29) is 18.6 Å². The predicted octanol–water partition coefficient (Wildman–Crippen LogP) is 2.09. The molecule has 1 rings (SSSR count). The standard InChI is InChI=1S/C16H23NO5/c1-5-16(14(20)22-17,13(19)21-15(2,3)4)10-11-6-8-12(18)9-7-11/h6-9,18H,5,10,17H2,1-4H3. The molecule has 6 nitrogen and oxygen atoms in total. The SMILES string of the molecule is CCC(Cc1ccc(O)cc1)(C(=O)ON)C(=O)OC(C)(C)C. The van der Waals surface area contributed by atoms with E-state index >= 15 is 0 Å². The fourth-order valence-electron chi connectivity index (χ4n) is 2.09. The molecule has 0 aliphatic rings. The van der Waals surface area contributed by atoms with E-state index < -0.39 is 23.0 Å². The fourth-order valence-corrected chi connectivity index (χ4v) is 2.09. The average molecular weight is 309 g/mol. The van der Waals surface area contributed by atoms with Gasteiger partial charge in [0.2, 0.25) is 0 Å². The Morgan fingerprint density at radius 3 is 2.09 bits per heavy atom. The highest BCUT2D eigenvalue weighted by Crippen LogP contribution is 2.32. The number of rotatable bonds is 5. The van der Waals surface area contributed by atoms with E-state index in [1.54, 1.807) is 39.8 Å². The minimum Gasteiger partial charge on any atom is -0.508 e. The lowest BCUT2D eigenvalue weighted by Gasteiger charge is -2.31. The van der Waals surface area contributed by atoms with Crippen molar-refractivity contribution in [2.75, 3.05) is 0 Å². The van der Waals surface area contributed by atoms with E-state index in [2.05, 4.69) is 4.84 Å². The molecule has 0 fully saturated rings. The van der Waals surface area contributed by atoms with Crippen LogP contribution in [0.25, 0.3) is 0 Å². The fraction of sp³-hybridized carbons (Fsp3) is 0.500. The molecule has 6 heteroatoms. The molecule has 1 aromatic carbocycles. The summed E-state index contributed by atoms with van der Waals surface area (Å²) in [5, 5.41) is 9.33. The molecule has 0 aliphatic heterocycles. The van der Waals surface area contributed by atoms with Crippen LogP contribution in [0.1, 0.15) is 39.7 Å². The first kappa shape index (κ1) is 18.0. The highest BCUT2D eigenvalue weighted by molar-refractivity contribution is 6.00. The van der Waals surface area contributed by atoms with Crippen LogP contribution in [-0.4, -0.2) is 22.6 Å². The predicted molar refractivity (Wildman–Crippen MR) is 80.7 cm³/mol. The van der Waals surface area contributed by atoms with Crippen molar-refractivity contribution in [3.05, 3.63) is 29.8 Å². The number of carbonyl (C=O) groups is 2. The van der Waals surface area contributed by atoms with Crippen molar-refractivity contribution < 1.29 is 24.3 Å². The van der Waals surface area contributed by atoms with E-state index in [1.807, 2.05) is 0 Å². The first-order chi connectivity index (χ1) is 10.1. The molecule has 0 saturated carbocycles. The highest BCUT2D eigenvalue weighted by Gasteiger charge is 2.48. The lowest BCUT2D eigenvalue weighted by atomic mass is 9.79. The third kappa shape index (κ3) is 4.21. The van der Waals surface area contributed by atoms with Crippen LogP contribution in [-0.2, 0) is 25.6 Å². The molecule has 22 heavy (non-hydrogen) atoms. The summed E-state index contributed by atoms with van der Waals surface area (Å²) in [4.78, 5) is 29.1. The summed E-state index contributed by atoms with van der Waals surface area (Å²) in [6.07, 6.45) is 0.257. The summed E-state index contributed by atoms with van der Waals surface area (Å²) in [7, 11) is 0. The molecular formula is C16H23NO5. The number of esters is 1. The summed E-state index contributed by atoms with van der Waals surface area (Å²) in [6, 6.07) is 6.24. The number of hydrogen-bond acceptors (Lipinski definition) is 6. The zero-order valence-corrected chi connectivity index (χ0v) is 13.4. The molecule has 0 aromatic heterocycles. The minimum atomic E-state index is -1.51. The molecule has 122 valence electrons. The normalized spacial score (nSPS) is 14.0. The topological polar surface area (TPSA) is 98.9 Å². The number of phenolic OH excluding ortho intramolecular Hbond substituents is 1. The van der Waals surface area contributed by atoms with Crippen molar-refractivity contribution in [3.8, 4) is 5.75 Å². The maximum absolute atomic E-state index is 12.6. The third-order valence-electron chi connectivity index (χ3n) is 3.33. The van der Waals surface area contributed by atoms with Gasteiger partial charge in [0.25, 0.3) is 0 Å². The Morgan fingerprint density at radius 2 is 1.68 bits per heavy atom. The van der Waals surface area contributed by atoms with Crippen molar-refractivity contribution in [1.29, 1.82) is 0 Å². The van der Waals surface area contributed by atoms with E-state index in [1.165, 1.54) is 12.1 Å². The molecule has 0 radical (unpaired) electrons. The second kappa shape index (κ2) is 6.79. The van der Waals surface area contributed by atoms with Crippen molar-refractivity contribution in [1.82, 2.24) is 0 Å². The van der Waals surface area contributed by atoms with Crippen LogP contribution in [0.15, 0.2) is 24.3 Å². The first-order valence-corrected chi connectivity index (χ1v) is 7.07. The second-order valence-corrected chi connectivity index (χ2v) is 6.19. The van der Waals surface area contributed by atoms with Crippen LogP contribution in [0.5, 0.6) is 5.75 Å². The van der Waals surface area contributed by atoms with Gasteiger partial charge < -0.3 is 14.7 Å². The maximum Gasteiger partial charge on any atom is 0.342 e. The van der Waals surface area contributed by atoms with Gasteiger partial charge >= 0.3 is 11.9 Å². The molecule has 0 saturated heterocycles. The van der Waals surface area contributed by atoms with E-state index in [4.69, 9.17) is 10.6 Å². The van der Waals surface area contributed by atoms with Crippen LogP contribution in [0.3, 0.4) is 0 Å². The Kier molecular flexibility index (Phi) is 5.54. The smallest absolute Gasteiger partial charge is 0.342 e. The molecular weight excluding hydrogens is 286 g/mol. The minimum absolute atomic E-state index is 0.0781. The number of benzene rings is 1. The van der Waals surface area contributed by atoms with E-state index in [9.17, 15) is 14.7 Å². The summed E-state index contributed by atoms with van der Waals surface area (Å²) in [6.45, 7) is 6.86. The monoisotopic (exact) mass is 309 g/mol. The van der Waals surface area contributed by atoms with Crippen molar-refractivity contribution in [2.45, 2.75) is 46.1 Å². The number of ether oxygens (including phenoxy) is 1. The van der Waals surface area contributed by atoms with Gasteiger partial charge in [-0.05, 0) is 51.3 Å². The second-order valence-electron chi connectivity index (χ2n) is 6.19. The number of carbonyl (C=O) groups excluding carboxylic acids is 2. The Labute approximate surface area is 130 Å². The molecule has 1 aromatic rings. The van der Waals surface area contributed by atoms with Crippen molar-refractivity contribution in [2.24, 2.45) is 11.3 Å². The summed E-state index contributed by atoms with van der Waals surface area (Å²) in [5.41, 5.74) is -1.56. The number of phenols is 1. The van der Waals surface area contributed by atoms with Gasteiger partial charge in [-0.15, -0.1) is 0 Å². The number of nitrogens with two attached hydrogens (primary N) is 1. The van der Waals surface area contributed by atoms with Gasteiger partial charge in [-0.25, -0.2) is 4.79 Å². The first-order valence-electron chi connectivity index (χ1n) is 7.07. The Hall–Kier alpha value is -2.08. The lowest BCUT2D eigenvalue weighted by molar-refractivity contribution is -0.180. The molecule has 1 atom stereocenters. The quantitative estimate of drug-likeness (QED) is 0.491. The summed E-state index contributed by atoms with van der Waals surface area (Å²) in [5.74, 6) is 3.61. The van der Waals surface area contributed by atoms with Crippen molar-refractivity contribution in [3.63, 3.8) is 0 Å². The van der Waals surface area contributed by atoms with Crippen LogP contribution in [0.2, 0.25) is 0 Å². The molecule has 1 unspecified atom stereocenters. The van der Waals surface area contributed by atoms with Gasteiger partial charge in [0.05, 0.1) is 0 Å². The van der Waals surface area contributed by atoms with Crippen LogP contribution < -0.4 is 5.90 Å². The van der Waals surface area contributed by atoms with Gasteiger partial charge in [-0.3, -0.25) is 4.79 Å². The van der Waals surface area contributed by atoms with Gasteiger partial charge in [-0.2, -0.15) is 5.90 Å². The molecule has 3 N–H and O–H groups in total. The zero-order valence-electron chi connectivity index (χ0n) is 13.4. The summed E-state index contributed by atoms with van der Waals surface area (Å²) < 4.78 is 5.37. The van der Waals surface area contributed by atoms with Crippen LogP contribution in [0.4, 0.5) is 0 Å². The largest absolute Gasteiger partial charge is 0.508 e. The average Bonchev–Trinajstić information content (AvgIpc) is 2.44. The Bertz CT molecular complexity index is 532. The molecule has 0 bridgehead atoms. The summed E-state index contributed by atoms with van der Waals surface area (Å²) >= 11 is 0. The molecule has 0 amide bonds. The highest BCUT2D eigenvalue weighted by atomic mass is 16.7. The number of hydrogen-bond donors (Lipinski definition) is 2.